The molecule has 5 rings (SSSR count). The van der Waals surface area contributed by atoms with E-state index >= 15 is 0 Å². The summed E-state index contributed by atoms with van der Waals surface area (Å²) in [6.07, 6.45) is 6.49. The predicted octanol–water partition coefficient (Wildman–Crippen LogP) is 0.713. The normalized spacial score (nSPS) is 42.6. The van der Waals surface area contributed by atoms with Crippen molar-refractivity contribution in [1.82, 2.24) is 10.2 Å². The van der Waals surface area contributed by atoms with E-state index in [2.05, 4.69) is 5.32 Å². The lowest BCUT2D eigenvalue weighted by Gasteiger charge is -2.54. The Balaban J connectivity index is 1.35. The molecule has 5 fully saturated rings. The van der Waals surface area contributed by atoms with Crippen LogP contribution in [0.5, 0.6) is 0 Å². The van der Waals surface area contributed by atoms with Gasteiger partial charge in [0.15, 0.2) is 0 Å². The summed E-state index contributed by atoms with van der Waals surface area (Å²) in [6, 6.07) is -0.382. The molecule has 128 valence electrons. The molecule has 1 amide bonds. The number of nitrogens with zero attached hydrogens (tertiary/aromatic N) is 1. The number of carboxylic acids is 1. The fraction of sp³-hybridized carbons (Fsp3) is 0.882. The maximum atomic E-state index is 12.5. The van der Waals surface area contributed by atoms with Crippen molar-refractivity contribution >= 4 is 11.9 Å². The average Bonchev–Trinajstić information content (AvgIpc) is 2.50. The molecular weight excluding hydrogens is 296 g/mol. The van der Waals surface area contributed by atoms with Crippen LogP contribution in [-0.4, -0.2) is 60.3 Å². The number of morpholine rings is 1. The summed E-state index contributed by atoms with van der Waals surface area (Å²) in [5.74, 6) is 2.15. The third-order valence-electron chi connectivity index (χ3n) is 6.43. The van der Waals surface area contributed by atoms with E-state index in [1.807, 2.05) is 0 Å². The maximum absolute atomic E-state index is 12.5. The summed E-state index contributed by atoms with van der Waals surface area (Å²) in [4.78, 5) is 25.5. The van der Waals surface area contributed by atoms with Gasteiger partial charge in [0.05, 0.1) is 19.8 Å². The Labute approximate surface area is 136 Å². The topological polar surface area (TPSA) is 78.9 Å². The van der Waals surface area contributed by atoms with Gasteiger partial charge in [-0.1, -0.05) is 0 Å². The second-order valence-electron chi connectivity index (χ2n) is 7.92. The molecule has 0 aromatic heterocycles. The molecule has 0 radical (unpaired) electrons. The van der Waals surface area contributed by atoms with Crippen LogP contribution in [0.25, 0.3) is 0 Å². The molecule has 1 unspecified atom stereocenters. The van der Waals surface area contributed by atoms with Crippen molar-refractivity contribution in [3.8, 4) is 0 Å². The number of nitrogens with one attached hydrogen (secondary N) is 1. The van der Waals surface area contributed by atoms with Gasteiger partial charge in [-0.2, -0.15) is 0 Å². The number of hydrogen-bond donors (Lipinski definition) is 2. The van der Waals surface area contributed by atoms with Crippen LogP contribution in [0.4, 0.5) is 0 Å². The zero-order chi connectivity index (χ0) is 16.0. The summed E-state index contributed by atoms with van der Waals surface area (Å²) >= 11 is 0. The average molecular weight is 322 g/mol. The molecule has 4 saturated carbocycles. The highest BCUT2D eigenvalue weighted by Crippen LogP contribution is 2.53. The Hall–Kier alpha value is -1.14. The number of ether oxygens (including phenoxy) is 1. The van der Waals surface area contributed by atoms with Gasteiger partial charge in [0.1, 0.15) is 6.04 Å². The van der Waals surface area contributed by atoms with Crippen LogP contribution < -0.4 is 5.32 Å². The lowest BCUT2D eigenvalue weighted by Crippen LogP contribution is -2.58. The van der Waals surface area contributed by atoms with Gasteiger partial charge in [-0.05, 0) is 55.8 Å². The van der Waals surface area contributed by atoms with Crippen molar-refractivity contribution < 1.29 is 19.4 Å². The van der Waals surface area contributed by atoms with Gasteiger partial charge < -0.3 is 15.2 Å². The number of hydrogen-bond acceptors (Lipinski definition) is 4. The highest BCUT2D eigenvalue weighted by Gasteiger charge is 2.48. The summed E-state index contributed by atoms with van der Waals surface area (Å²) in [7, 11) is 0. The van der Waals surface area contributed by atoms with Gasteiger partial charge in [0.2, 0.25) is 5.91 Å². The van der Waals surface area contributed by atoms with Crippen molar-refractivity contribution in [3.05, 3.63) is 0 Å². The number of rotatable bonds is 4. The van der Waals surface area contributed by atoms with E-state index in [0.717, 1.165) is 11.8 Å². The summed E-state index contributed by atoms with van der Waals surface area (Å²) < 4.78 is 5.23. The predicted molar refractivity (Wildman–Crippen MR) is 82.8 cm³/mol. The van der Waals surface area contributed by atoms with Crippen LogP contribution in [0, 0.1) is 23.7 Å². The Kier molecular flexibility index (Phi) is 4.05. The number of carbonyl (C=O) groups is 2. The Morgan fingerprint density at radius 3 is 2.35 bits per heavy atom. The first-order valence-electron chi connectivity index (χ1n) is 8.94. The van der Waals surface area contributed by atoms with E-state index < -0.39 is 12.0 Å². The summed E-state index contributed by atoms with van der Waals surface area (Å²) in [6.45, 7) is 1.34. The van der Waals surface area contributed by atoms with Crippen LogP contribution in [0.2, 0.25) is 0 Å². The van der Waals surface area contributed by atoms with E-state index in [-0.39, 0.29) is 19.1 Å². The molecule has 0 aromatic carbocycles. The van der Waals surface area contributed by atoms with E-state index in [4.69, 9.17) is 4.74 Å². The minimum Gasteiger partial charge on any atom is -0.480 e. The van der Waals surface area contributed by atoms with Crippen LogP contribution >= 0.6 is 0 Å². The largest absolute Gasteiger partial charge is 0.480 e. The van der Waals surface area contributed by atoms with Crippen LogP contribution in [-0.2, 0) is 14.3 Å². The highest BCUT2D eigenvalue weighted by atomic mass is 16.5. The van der Waals surface area contributed by atoms with Gasteiger partial charge in [0, 0.05) is 12.6 Å². The lowest BCUT2D eigenvalue weighted by atomic mass is 9.54. The van der Waals surface area contributed by atoms with Crippen molar-refractivity contribution in [2.75, 3.05) is 26.3 Å². The van der Waals surface area contributed by atoms with E-state index in [9.17, 15) is 14.7 Å². The smallest absolute Gasteiger partial charge is 0.323 e. The Morgan fingerprint density at radius 1 is 1.09 bits per heavy atom. The standard InChI is InChI=1S/C17H26N2O4/c20-15(8-19-1-2-23-9-14(19)17(21)22)18-16-12-4-10-3-11(6-12)7-13(16)5-10/h10-14,16H,1-9H2,(H,18,20)(H,21,22). The summed E-state index contributed by atoms with van der Waals surface area (Å²) in [5, 5.41) is 12.5. The number of amides is 1. The minimum absolute atomic E-state index is 0.0179. The SMILES string of the molecule is O=C(CN1CCOCC1C(=O)O)NC1C2CC3CC(C2)CC1C3. The van der Waals surface area contributed by atoms with Crippen LogP contribution in [0.3, 0.4) is 0 Å². The zero-order valence-electron chi connectivity index (χ0n) is 13.4. The van der Waals surface area contributed by atoms with Crippen molar-refractivity contribution in [2.24, 2.45) is 23.7 Å². The molecule has 6 heteroatoms. The summed E-state index contributed by atoms with van der Waals surface area (Å²) in [5.41, 5.74) is 0. The number of carbonyl (C=O) groups excluding carboxylic acids is 1. The van der Waals surface area contributed by atoms with Gasteiger partial charge in [-0.25, -0.2) is 0 Å². The van der Waals surface area contributed by atoms with Crippen LogP contribution in [0.1, 0.15) is 32.1 Å². The van der Waals surface area contributed by atoms with E-state index in [1.165, 1.54) is 32.1 Å². The van der Waals surface area contributed by atoms with Crippen molar-refractivity contribution in [2.45, 2.75) is 44.2 Å². The molecular formula is C17H26N2O4. The number of carboxylic acid groups (broad SMARTS) is 1. The first-order valence-corrected chi connectivity index (χ1v) is 8.94. The molecule has 23 heavy (non-hydrogen) atoms. The number of aliphatic carboxylic acids is 1. The first kappa shape index (κ1) is 15.4. The van der Waals surface area contributed by atoms with Gasteiger partial charge >= 0.3 is 5.97 Å². The molecule has 1 saturated heterocycles. The minimum atomic E-state index is -0.910. The Morgan fingerprint density at radius 2 is 1.74 bits per heavy atom. The molecule has 4 bridgehead atoms. The van der Waals surface area contributed by atoms with Crippen LogP contribution in [0.15, 0.2) is 0 Å². The highest BCUT2D eigenvalue weighted by molar-refractivity contribution is 5.80. The second-order valence-corrected chi connectivity index (χ2v) is 7.92. The third kappa shape index (κ3) is 2.98. The Bertz CT molecular complexity index is 467. The third-order valence-corrected chi connectivity index (χ3v) is 6.43. The quantitative estimate of drug-likeness (QED) is 0.797. The zero-order valence-corrected chi connectivity index (χ0v) is 13.4. The molecule has 0 spiro atoms. The van der Waals surface area contributed by atoms with E-state index in [0.29, 0.717) is 31.0 Å². The molecule has 1 atom stereocenters. The van der Waals surface area contributed by atoms with E-state index in [1.54, 1.807) is 4.90 Å². The van der Waals surface area contributed by atoms with Gasteiger partial charge in [-0.15, -0.1) is 0 Å². The first-order chi connectivity index (χ1) is 11.1. The lowest BCUT2D eigenvalue weighted by molar-refractivity contribution is -0.150. The molecule has 1 heterocycles. The van der Waals surface area contributed by atoms with Gasteiger partial charge in [-0.3, -0.25) is 14.5 Å². The fourth-order valence-electron chi connectivity index (χ4n) is 5.63. The van der Waals surface area contributed by atoms with Crippen molar-refractivity contribution in [3.63, 3.8) is 0 Å². The van der Waals surface area contributed by atoms with Gasteiger partial charge in [0.25, 0.3) is 0 Å². The molecule has 0 aromatic rings. The molecule has 1 aliphatic heterocycles. The molecule has 4 aliphatic carbocycles. The van der Waals surface area contributed by atoms with Crippen molar-refractivity contribution in [1.29, 1.82) is 0 Å². The maximum Gasteiger partial charge on any atom is 0.323 e. The molecule has 2 N–H and O–H groups in total. The molecule has 5 aliphatic rings. The monoisotopic (exact) mass is 322 g/mol. The molecule has 6 nitrogen and oxygen atoms in total. The second kappa shape index (κ2) is 6.06. The fourth-order valence-corrected chi connectivity index (χ4v) is 5.63.